The number of hydrogen-bond acceptors (Lipinski definition) is 5. The van der Waals surface area contributed by atoms with Crippen LogP contribution in [0.3, 0.4) is 0 Å². The zero-order chi connectivity index (χ0) is 14.3. The molecular formula is C14H21N3O2. The minimum absolute atomic E-state index is 0.412. The summed E-state index contributed by atoms with van der Waals surface area (Å²) in [6.07, 6.45) is 0. The quantitative estimate of drug-likeness (QED) is 0.806. The highest BCUT2D eigenvalue weighted by atomic mass is 16.5. The van der Waals surface area contributed by atoms with Gasteiger partial charge in [0, 0.05) is 18.7 Å². The number of benzene rings is 1. The lowest BCUT2D eigenvalue weighted by molar-refractivity contribution is 0.382. The Bertz CT molecular complexity index is 441. The van der Waals surface area contributed by atoms with Gasteiger partial charge in [0.1, 0.15) is 17.5 Å². The van der Waals surface area contributed by atoms with Crippen LogP contribution in [0.1, 0.15) is 11.6 Å². The highest BCUT2D eigenvalue weighted by molar-refractivity contribution is 5.44. The maximum atomic E-state index is 9.31. The largest absolute Gasteiger partial charge is 0.497 e. The second kappa shape index (κ2) is 7.62. The summed E-state index contributed by atoms with van der Waals surface area (Å²) in [6, 6.07) is 7.30. The lowest BCUT2D eigenvalue weighted by Gasteiger charge is -2.17. The SMILES string of the molecule is COc1ccc(OC)c(C(C#N)NCCN(C)C)c1. The van der Waals surface area contributed by atoms with Gasteiger partial charge in [0.2, 0.25) is 0 Å². The van der Waals surface area contributed by atoms with Crippen molar-refractivity contribution in [3.05, 3.63) is 23.8 Å². The van der Waals surface area contributed by atoms with Crippen molar-refractivity contribution in [1.29, 1.82) is 5.26 Å². The summed E-state index contributed by atoms with van der Waals surface area (Å²) in [5, 5.41) is 12.5. The Balaban J connectivity index is 2.87. The number of ether oxygens (including phenoxy) is 2. The Hall–Kier alpha value is -1.77. The number of hydrogen-bond donors (Lipinski definition) is 1. The van der Waals surface area contributed by atoms with Crippen LogP contribution in [-0.4, -0.2) is 46.3 Å². The molecule has 0 saturated heterocycles. The first kappa shape index (κ1) is 15.3. The van der Waals surface area contributed by atoms with Crippen molar-refractivity contribution in [3.63, 3.8) is 0 Å². The molecule has 0 aliphatic heterocycles. The highest BCUT2D eigenvalue weighted by Crippen LogP contribution is 2.28. The lowest BCUT2D eigenvalue weighted by atomic mass is 10.1. The summed E-state index contributed by atoms with van der Waals surface area (Å²) in [7, 11) is 7.19. The fourth-order valence-corrected chi connectivity index (χ4v) is 1.72. The predicted molar refractivity (Wildman–Crippen MR) is 74.5 cm³/mol. The van der Waals surface area contributed by atoms with Crippen molar-refractivity contribution in [2.24, 2.45) is 0 Å². The van der Waals surface area contributed by atoms with Gasteiger partial charge in [0.15, 0.2) is 0 Å². The first-order chi connectivity index (χ1) is 9.12. The van der Waals surface area contributed by atoms with Gasteiger partial charge >= 0.3 is 0 Å². The van der Waals surface area contributed by atoms with E-state index in [9.17, 15) is 5.26 Å². The van der Waals surface area contributed by atoms with Crippen molar-refractivity contribution in [1.82, 2.24) is 10.2 Å². The maximum absolute atomic E-state index is 9.31. The minimum atomic E-state index is -0.412. The molecule has 0 amide bonds. The van der Waals surface area contributed by atoms with Gasteiger partial charge in [-0.2, -0.15) is 5.26 Å². The van der Waals surface area contributed by atoms with Crippen LogP contribution in [-0.2, 0) is 0 Å². The van der Waals surface area contributed by atoms with Crippen molar-refractivity contribution in [2.45, 2.75) is 6.04 Å². The average molecular weight is 263 g/mol. The molecular weight excluding hydrogens is 242 g/mol. The molecule has 0 spiro atoms. The van der Waals surface area contributed by atoms with Crippen LogP contribution in [0.2, 0.25) is 0 Å². The van der Waals surface area contributed by atoms with Crippen molar-refractivity contribution in [3.8, 4) is 17.6 Å². The first-order valence-electron chi connectivity index (χ1n) is 6.12. The molecule has 1 rings (SSSR count). The number of methoxy groups -OCH3 is 2. The number of nitrogens with zero attached hydrogens (tertiary/aromatic N) is 2. The molecule has 0 heterocycles. The molecule has 0 radical (unpaired) electrons. The van der Waals surface area contributed by atoms with Gasteiger partial charge in [-0.15, -0.1) is 0 Å². The fraction of sp³-hybridized carbons (Fsp3) is 0.500. The van der Waals surface area contributed by atoms with Crippen LogP contribution in [0.5, 0.6) is 11.5 Å². The van der Waals surface area contributed by atoms with E-state index in [-0.39, 0.29) is 0 Å². The molecule has 0 aliphatic rings. The topological polar surface area (TPSA) is 57.5 Å². The van der Waals surface area contributed by atoms with Crippen LogP contribution in [0.15, 0.2) is 18.2 Å². The summed E-state index contributed by atoms with van der Waals surface area (Å²) in [6.45, 7) is 1.59. The second-order valence-electron chi connectivity index (χ2n) is 4.43. The molecule has 1 aromatic carbocycles. The molecule has 1 N–H and O–H groups in total. The van der Waals surface area contributed by atoms with Gasteiger partial charge in [-0.05, 0) is 32.3 Å². The fourth-order valence-electron chi connectivity index (χ4n) is 1.72. The van der Waals surface area contributed by atoms with E-state index in [1.807, 2.05) is 32.3 Å². The molecule has 0 fully saturated rings. The molecule has 104 valence electrons. The van der Waals surface area contributed by atoms with Gasteiger partial charge in [-0.25, -0.2) is 0 Å². The molecule has 1 unspecified atom stereocenters. The van der Waals surface area contributed by atoms with Crippen LogP contribution < -0.4 is 14.8 Å². The number of rotatable bonds is 7. The summed E-state index contributed by atoms with van der Waals surface area (Å²) in [5.74, 6) is 1.40. The maximum Gasteiger partial charge on any atom is 0.125 e. The molecule has 1 aromatic rings. The Labute approximate surface area is 114 Å². The molecule has 1 atom stereocenters. The summed E-state index contributed by atoms with van der Waals surface area (Å²) >= 11 is 0. The van der Waals surface area contributed by atoms with Crippen molar-refractivity contribution < 1.29 is 9.47 Å². The minimum Gasteiger partial charge on any atom is -0.497 e. The first-order valence-corrected chi connectivity index (χ1v) is 6.12. The third-order valence-corrected chi connectivity index (χ3v) is 2.78. The average Bonchev–Trinajstić information content (AvgIpc) is 2.42. The van der Waals surface area contributed by atoms with Gasteiger partial charge in [-0.1, -0.05) is 0 Å². The van der Waals surface area contributed by atoms with Gasteiger partial charge in [-0.3, -0.25) is 5.32 Å². The third-order valence-electron chi connectivity index (χ3n) is 2.78. The van der Waals surface area contributed by atoms with E-state index in [2.05, 4.69) is 16.3 Å². The molecule has 0 saturated carbocycles. The van der Waals surface area contributed by atoms with Crippen LogP contribution in [0, 0.1) is 11.3 Å². The third kappa shape index (κ3) is 4.43. The van der Waals surface area contributed by atoms with Crippen molar-refractivity contribution in [2.75, 3.05) is 41.4 Å². The summed E-state index contributed by atoms with van der Waals surface area (Å²) in [5.41, 5.74) is 0.795. The Morgan fingerprint density at radius 1 is 1.32 bits per heavy atom. The van der Waals surface area contributed by atoms with E-state index in [1.54, 1.807) is 14.2 Å². The summed E-state index contributed by atoms with van der Waals surface area (Å²) in [4.78, 5) is 2.06. The van der Waals surface area contributed by atoms with Crippen LogP contribution in [0.4, 0.5) is 0 Å². The number of nitriles is 1. The second-order valence-corrected chi connectivity index (χ2v) is 4.43. The molecule has 5 heteroatoms. The van der Waals surface area contributed by atoms with Crippen LogP contribution in [0.25, 0.3) is 0 Å². The van der Waals surface area contributed by atoms with E-state index in [1.165, 1.54) is 0 Å². The van der Waals surface area contributed by atoms with Gasteiger partial charge in [0.25, 0.3) is 0 Å². The van der Waals surface area contributed by atoms with E-state index in [0.717, 1.165) is 18.7 Å². The Kier molecular flexibility index (Phi) is 6.13. The highest BCUT2D eigenvalue weighted by Gasteiger charge is 2.16. The standard InChI is InChI=1S/C14H21N3O2/c1-17(2)8-7-16-13(10-15)12-9-11(18-3)5-6-14(12)19-4/h5-6,9,13,16H,7-8H2,1-4H3. The molecule has 19 heavy (non-hydrogen) atoms. The molecule has 0 aromatic heterocycles. The molecule has 0 bridgehead atoms. The zero-order valence-electron chi connectivity index (χ0n) is 11.9. The smallest absolute Gasteiger partial charge is 0.125 e. The summed E-state index contributed by atoms with van der Waals surface area (Å²) < 4.78 is 10.5. The van der Waals surface area contributed by atoms with E-state index in [4.69, 9.17) is 9.47 Å². The normalized spacial score (nSPS) is 12.0. The zero-order valence-corrected chi connectivity index (χ0v) is 11.9. The monoisotopic (exact) mass is 263 g/mol. The molecule has 5 nitrogen and oxygen atoms in total. The van der Waals surface area contributed by atoms with Crippen LogP contribution >= 0.6 is 0 Å². The Morgan fingerprint density at radius 3 is 2.58 bits per heavy atom. The molecule has 0 aliphatic carbocycles. The van der Waals surface area contributed by atoms with E-state index < -0.39 is 6.04 Å². The van der Waals surface area contributed by atoms with Crippen molar-refractivity contribution >= 4 is 0 Å². The van der Waals surface area contributed by atoms with E-state index in [0.29, 0.717) is 11.5 Å². The predicted octanol–water partition coefficient (Wildman–Crippen LogP) is 1.42. The Morgan fingerprint density at radius 2 is 2.05 bits per heavy atom. The number of likely N-dealkylation sites (N-methyl/N-ethyl adjacent to an activating group) is 1. The van der Waals surface area contributed by atoms with E-state index >= 15 is 0 Å². The van der Waals surface area contributed by atoms with Gasteiger partial charge < -0.3 is 14.4 Å². The lowest BCUT2D eigenvalue weighted by Crippen LogP contribution is -2.29. The van der Waals surface area contributed by atoms with Gasteiger partial charge in [0.05, 0.1) is 20.3 Å². The number of nitrogens with one attached hydrogen (secondary N) is 1.